The first-order chi connectivity index (χ1) is 9.09. The largest absolute Gasteiger partial charge is 0.389 e. The fourth-order valence-corrected chi connectivity index (χ4v) is 3.65. The average Bonchev–Trinajstić information content (AvgIpc) is 2.78. The highest BCUT2D eigenvalue weighted by atomic mass is 32.2. The third kappa shape index (κ3) is 4.48. The predicted octanol–water partition coefficient (Wildman–Crippen LogP) is 3.15. The minimum absolute atomic E-state index is 0.149. The molecule has 0 unspecified atom stereocenters. The quantitative estimate of drug-likeness (QED) is 0.811. The van der Waals surface area contributed by atoms with Crippen molar-refractivity contribution in [2.75, 3.05) is 25.9 Å². The van der Waals surface area contributed by atoms with Crippen molar-refractivity contribution in [3.8, 4) is 0 Å². The lowest BCUT2D eigenvalue weighted by molar-refractivity contribution is 0.0180. The van der Waals surface area contributed by atoms with E-state index < -0.39 is 5.60 Å². The lowest BCUT2D eigenvalue weighted by Gasteiger charge is -2.28. The third-order valence-corrected chi connectivity index (χ3v) is 4.69. The number of nitrogens with zero attached hydrogens (tertiary/aromatic N) is 1. The molecule has 0 spiro atoms. The molecule has 1 N–H and O–H groups in total. The van der Waals surface area contributed by atoms with Crippen LogP contribution in [0.15, 0.2) is 29.2 Å². The number of benzene rings is 1. The fraction of sp³-hybridized carbons (Fsp3) is 0.600. The van der Waals surface area contributed by atoms with Crippen LogP contribution < -0.4 is 0 Å². The van der Waals surface area contributed by atoms with Crippen LogP contribution in [0.3, 0.4) is 0 Å². The minimum Gasteiger partial charge on any atom is -0.389 e. The summed E-state index contributed by atoms with van der Waals surface area (Å²) in [4.78, 5) is 2.86. The summed E-state index contributed by atoms with van der Waals surface area (Å²) in [5.74, 6) is 0.692. The van der Waals surface area contributed by atoms with Gasteiger partial charge in [-0.25, -0.2) is 4.39 Å². The molecule has 1 fully saturated rings. The van der Waals surface area contributed by atoms with E-state index in [0.29, 0.717) is 4.90 Å². The second kappa shape index (κ2) is 6.73. The van der Waals surface area contributed by atoms with Crippen molar-refractivity contribution in [1.82, 2.24) is 4.90 Å². The van der Waals surface area contributed by atoms with Gasteiger partial charge in [0.05, 0.1) is 5.60 Å². The molecule has 0 bridgehead atoms. The van der Waals surface area contributed by atoms with Crippen LogP contribution in [0.1, 0.15) is 25.7 Å². The summed E-state index contributed by atoms with van der Waals surface area (Å²) in [7, 11) is 2.03. The van der Waals surface area contributed by atoms with Gasteiger partial charge in [-0.15, -0.1) is 11.8 Å². The Morgan fingerprint density at radius 1 is 1.32 bits per heavy atom. The molecule has 0 atom stereocenters. The number of thioether (sulfide) groups is 1. The van der Waals surface area contributed by atoms with E-state index >= 15 is 0 Å². The molecule has 1 aliphatic rings. The molecule has 1 saturated carbocycles. The number of aliphatic hydroxyl groups is 1. The molecule has 1 aromatic rings. The van der Waals surface area contributed by atoms with Crippen LogP contribution in [0.5, 0.6) is 0 Å². The molecule has 2 rings (SSSR count). The van der Waals surface area contributed by atoms with Gasteiger partial charge in [-0.3, -0.25) is 0 Å². The maximum Gasteiger partial charge on any atom is 0.136 e. The monoisotopic (exact) mass is 283 g/mol. The van der Waals surface area contributed by atoms with Crippen molar-refractivity contribution < 1.29 is 9.50 Å². The number of hydrogen-bond donors (Lipinski definition) is 1. The van der Waals surface area contributed by atoms with E-state index in [9.17, 15) is 9.50 Å². The molecule has 4 heteroatoms. The molecule has 1 aromatic carbocycles. The lowest BCUT2D eigenvalue weighted by Crippen LogP contribution is -2.40. The van der Waals surface area contributed by atoms with E-state index in [0.717, 1.165) is 44.5 Å². The van der Waals surface area contributed by atoms with E-state index in [-0.39, 0.29) is 5.82 Å². The molecule has 19 heavy (non-hydrogen) atoms. The Morgan fingerprint density at radius 3 is 2.68 bits per heavy atom. The van der Waals surface area contributed by atoms with Crippen molar-refractivity contribution in [2.24, 2.45) is 0 Å². The molecule has 0 aromatic heterocycles. The van der Waals surface area contributed by atoms with E-state index in [1.807, 2.05) is 19.2 Å². The molecular weight excluding hydrogens is 261 g/mol. The zero-order valence-corrected chi connectivity index (χ0v) is 12.3. The van der Waals surface area contributed by atoms with E-state index in [1.165, 1.54) is 17.8 Å². The van der Waals surface area contributed by atoms with Crippen molar-refractivity contribution in [2.45, 2.75) is 36.2 Å². The summed E-state index contributed by atoms with van der Waals surface area (Å²) in [6, 6.07) is 6.87. The van der Waals surface area contributed by atoms with E-state index in [4.69, 9.17) is 0 Å². The Morgan fingerprint density at radius 2 is 2.00 bits per heavy atom. The van der Waals surface area contributed by atoms with Gasteiger partial charge in [-0.1, -0.05) is 25.0 Å². The predicted molar refractivity (Wildman–Crippen MR) is 78.0 cm³/mol. The molecule has 0 radical (unpaired) electrons. The van der Waals surface area contributed by atoms with Crippen molar-refractivity contribution in [3.05, 3.63) is 30.1 Å². The molecule has 0 aliphatic heterocycles. The van der Waals surface area contributed by atoms with Gasteiger partial charge in [0, 0.05) is 23.7 Å². The first kappa shape index (κ1) is 14.8. The second-order valence-corrected chi connectivity index (χ2v) is 6.58. The molecule has 1 aliphatic carbocycles. The highest BCUT2D eigenvalue weighted by Gasteiger charge is 2.31. The van der Waals surface area contributed by atoms with Gasteiger partial charge in [-0.2, -0.15) is 0 Å². The van der Waals surface area contributed by atoms with Crippen molar-refractivity contribution >= 4 is 11.8 Å². The average molecular weight is 283 g/mol. The number of hydrogen-bond acceptors (Lipinski definition) is 3. The van der Waals surface area contributed by atoms with Gasteiger partial charge in [0.2, 0.25) is 0 Å². The summed E-state index contributed by atoms with van der Waals surface area (Å²) in [6.45, 7) is 1.59. The normalized spacial score (nSPS) is 18.1. The Kier molecular flexibility index (Phi) is 5.25. The van der Waals surface area contributed by atoms with Gasteiger partial charge in [0.25, 0.3) is 0 Å². The summed E-state index contributed by atoms with van der Waals surface area (Å²) in [5, 5.41) is 10.3. The van der Waals surface area contributed by atoms with Crippen LogP contribution >= 0.6 is 11.8 Å². The third-order valence-electron chi connectivity index (χ3n) is 3.67. The Balaban J connectivity index is 1.72. The molecule has 0 saturated heterocycles. The van der Waals surface area contributed by atoms with Crippen LogP contribution in [-0.4, -0.2) is 41.5 Å². The fourth-order valence-electron chi connectivity index (χ4n) is 2.65. The van der Waals surface area contributed by atoms with Gasteiger partial charge in [0.1, 0.15) is 5.82 Å². The first-order valence-corrected chi connectivity index (χ1v) is 7.86. The SMILES string of the molecule is CN(CCSc1ccccc1F)CC1(O)CCCC1. The first-order valence-electron chi connectivity index (χ1n) is 6.87. The number of rotatable bonds is 6. The van der Waals surface area contributed by atoms with Crippen LogP contribution in [0, 0.1) is 5.82 Å². The standard InChI is InChI=1S/C15H22FNOS/c1-17(12-15(18)8-4-5-9-15)10-11-19-14-7-3-2-6-13(14)16/h2-3,6-7,18H,4-5,8-12H2,1H3. The zero-order valence-electron chi connectivity index (χ0n) is 11.4. The summed E-state index contributed by atoms with van der Waals surface area (Å²) in [6.07, 6.45) is 4.10. The Labute approximate surface area is 119 Å². The number of halogens is 1. The zero-order chi connectivity index (χ0) is 13.7. The maximum absolute atomic E-state index is 13.4. The molecule has 106 valence electrons. The highest BCUT2D eigenvalue weighted by molar-refractivity contribution is 7.99. The minimum atomic E-state index is -0.489. The van der Waals surface area contributed by atoms with Gasteiger partial charge >= 0.3 is 0 Å². The molecular formula is C15H22FNOS. The van der Waals surface area contributed by atoms with Gasteiger partial charge in [-0.05, 0) is 32.0 Å². The summed E-state index contributed by atoms with van der Waals surface area (Å²) >= 11 is 1.53. The topological polar surface area (TPSA) is 23.5 Å². The van der Waals surface area contributed by atoms with Crippen LogP contribution in [0.4, 0.5) is 4.39 Å². The van der Waals surface area contributed by atoms with Gasteiger partial charge in [0.15, 0.2) is 0 Å². The van der Waals surface area contributed by atoms with Crippen LogP contribution in [-0.2, 0) is 0 Å². The molecule has 2 nitrogen and oxygen atoms in total. The molecule has 0 amide bonds. The lowest BCUT2D eigenvalue weighted by atomic mass is 10.0. The second-order valence-electron chi connectivity index (χ2n) is 5.45. The number of likely N-dealkylation sites (N-methyl/N-ethyl adjacent to an activating group) is 1. The van der Waals surface area contributed by atoms with E-state index in [2.05, 4.69) is 4.90 Å². The van der Waals surface area contributed by atoms with E-state index in [1.54, 1.807) is 6.07 Å². The van der Waals surface area contributed by atoms with Crippen LogP contribution in [0.25, 0.3) is 0 Å². The Hall–Kier alpha value is -0.580. The summed E-state index contributed by atoms with van der Waals surface area (Å²) < 4.78 is 13.4. The Bertz CT molecular complexity index is 407. The molecule has 0 heterocycles. The highest BCUT2D eigenvalue weighted by Crippen LogP contribution is 2.30. The smallest absolute Gasteiger partial charge is 0.136 e. The van der Waals surface area contributed by atoms with Crippen molar-refractivity contribution in [3.63, 3.8) is 0 Å². The maximum atomic E-state index is 13.4. The van der Waals surface area contributed by atoms with Gasteiger partial charge < -0.3 is 10.0 Å². The summed E-state index contributed by atoms with van der Waals surface area (Å²) in [5.41, 5.74) is -0.489. The van der Waals surface area contributed by atoms with Crippen molar-refractivity contribution in [1.29, 1.82) is 0 Å². The van der Waals surface area contributed by atoms with Crippen LogP contribution in [0.2, 0.25) is 0 Å².